The quantitative estimate of drug-likeness (QED) is 0.473. The predicted octanol–water partition coefficient (Wildman–Crippen LogP) is 1.87. The number of anilines is 2. The van der Waals surface area contributed by atoms with Gasteiger partial charge in [0, 0.05) is 16.4 Å². The zero-order valence-corrected chi connectivity index (χ0v) is 18.6. The van der Waals surface area contributed by atoms with E-state index in [2.05, 4.69) is 10.3 Å². The first-order valence-corrected chi connectivity index (χ1v) is 11.0. The van der Waals surface area contributed by atoms with E-state index in [1.54, 1.807) is 24.3 Å². The number of carbonyl (C=O) groups is 1. The Bertz CT molecular complexity index is 1350. The number of nitrogens with zero attached hydrogens (tertiary/aromatic N) is 1. The molecular formula is C20H19ClN4O6S. The third-order valence-corrected chi connectivity index (χ3v) is 6.58. The Morgan fingerprint density at radius 3 is 2.25 bits per heavy atom. The van der Waals surface area contributed by atoms with Crippen LogP contribution in [0.4, 0.5) is 11.4 Å². The number of aromatic amines is 2. The van der Waals surface area contributed by atoms with Gasteiger partial charge in [-0.15, -0.1) is 0 Å². The van der Waals surface area contributed by atoms with Gasteiger partial charge in [-0.2, -0.15) is 0 Å². The molecule has 0 aliphatic rings. The fourth-order valence-electron chi connectivity index (χ4n) is 2.94. The molecule has 168 valence electrons. The first-order chi connectivity index (χ1) is 15.1. The molecule has 0 spiro atoms. The zero-order valence-electron chi connectivity index (χ0n) is 17.0. The summed E-state index contributed by atoms with van der Waals surface area (Å²) in [7, 11) is -3.10. The molecule has 1 aromatic heterocycles. The van der Waals surface area contributed by atoms with E-state index < -0.39 is 38.6 Å². The number of hydrogen-bond donors (Lipinski definition) is 3. The minimum Gasteiger partial charge on any atom is -0.497 e. The van der Waals surface area contributed by atoms with Crippen molar-refractivity contribution in [3.63, 3.8) is 0 Å². The van der Waals surface area contributed by atoms with E-state index in [4.69, 9.17) is 16.3 Å². The standard InChI is InChI=1S/C20H19ClN4O6S/c1-12-18(19(27)24-20(28)22-12)32(29,30)25(15-7-9-16(31-2)10-8-15)11-17(26)23-14-5-3-13(21)4-6-14/h3-10H,11H2,1-2H3,(H,23,26)(H2,22,24,27,28). The fraction of sp³-hybridized carbons (Fsp3) is 0.150. The molecule has 0 unspecified atom stereocenters. The van der Waals surface area contributed by atoms with E-state index in [0.29, 0.717) is 16.5 Å². The normalized spacial score (nSPS) is 11.1. The average molecular weight is 479 g/mol. The van der Waals surface area contributed by atoms with Crippen LogP contribution in [0.3, 0.4) is 0 Å². The highest BCUT2D eigenvalue weighted by Gasteiger charge is 2.32. The topological polar surface area (TPSA) is 141 Å². The number of aryl methyl sites for hydroxylation is 1. The largest absolute Gasteiger partial charge is 0.497 e. The minimum atomic E-state index is -4.55. The van der Waals surface area contributed by atoms with Crippen LogP contribution in [0.15, 0.2) is 63.0 Å². The van der Waals surface area contributed by atoms with E-state index in [0.717, 1.165) is 4.31 Å². The molecule has 0 fully saturated rings. The van der Waals surface area contributed by atoms with Crippen LogP contribution in [0.1, 0.15) is 5.69 Å². The summed E-state index contributed by atoms with van der Waals surface area (Å²) < 4.78 is 32.7. The molecule has 0 aliphatic heterocycles. The first kappa shape index (κ1) is 23.1. The van der Waals surface area contributed by atoms with Gasteiger partial charge in [0.15, 0.2) is 4.90 Å². The van der Waals surface area contributed by atoms with Gasteiger partial charge in [0.1, 0.15) is 12.3 Å². The molecule has 2 aromatic carbocycles. The lowest BCUT2D eigenvalue weighted by Gasteiger charge is -2.24. The number of sulfonamides is 1. The molecule has 3 N–H and O–H groups in total. The van der Waals surface area contributed by atoms with Crippen LogP contribution in [-0.4, -0.2) is 37.9 Å². The minimum absolute atomic E-state index is 0.113. The van der Waals surface area contributed by atoms with Crippen LogP contribution in [0, 0.1) is 6.92 Å². The van der Waals surface area contributed by atoms with E-state index in [1.165, 1.54) is 38.3 Å². The summed E-state index contributed by atoms with van der Waals surface area (Å²) in [6.45, 7) is 0.638. The van der Waals surface area contributed by atoms with Crippen LogP contribution in [0.2, 0.25) is 5.02 Å². The van der Waals surface area contributed by atoms with Gasteiger partial charge in [-0.05, 0) is 55.5 Å². The van der Waals surface area contributed by atoms with Crippen molar-refractivity contribution in [2.45, 2.75) is 11.8 Å². The molecule has 0 radical (unpaired) electrons. The lowest BCUT2D eigenvalue weighted by molar-refractivity contribution is -0.114. The van der Waals surface area contributed by atoms with Crippen LogP contribution in [-0.2, 0) is 14.8 Å². The molecule has 10 nitrogen and oxygen atoms in total. The van der Waals surface area contributed by atoms with E-state index in [-0.39, 0.29) is 11.4 Å². The maximum Gasteiger partial charge on any atom is 0.325 e. The molecule has 32 heavy (non-hydrogen) atoms. The van der Waals surface area contributed by atoms with Gasteiger partial charge in [0.25, 0.3) is 15.6 Å². The summed E-state index contributed by atoms with van der Waals surface area (Å²) in [6.07, 6.45) is 0. The number of H-pyrrole nitrogens is 2. The summed E-state index contributed by atoms with van der Waals surface area (Å²) in [5.41, 5.74) is -1.58. The van der Waals surface area contributed by atoms with E-state index >= 15 is 0 Å². The first-order valence-electron chi connectivity index (χ1n) is 9.17. The SMILES string of the molecule is COc1ccc(N(CC(=O)Nc2ccc(Cl)cc2)S(=O)(=O)c2c(C)[nH]c(=O)[nH]c2=O)cc1. The molecule has 0 bridgehead atoms. The fourth-order valence-corrected chi connectivity index (χ4v) is 4.69. The number of ether oxygens (including phenoxy) is 1. The summed E-state index contributed by atoms with van der Waals surface area (Å²) >= 11 is 5.84. The van der Waals surface area contributed by atoms with Crippen molar-refractivity contribution in [3.05, 3.63) is 80.1 Å². The Balaban J connectivity index is 2.04. The van der Waals surface area contributed by atoms with Gasteiger partial charge in [-0.1, -0.05) is 11.6 Å². The highest BCUT2D eigenvalue weighted by Crippen LogP contribution is 2.25. The number of amides is 1. The van der Waals surface area contributed by atoms with Gasteiger partial charge < -0.3 is 15.0 Å². The third kappa shape index (κ3) is 5.01. The van der Waals surface area contributed by atoms with Crippen LogP contribution >= 0.6 is 11.6 Å². The maximum absolute atomic E-state index is 13.4. The number of methoxy groups -OCH3 is 1. The maximum atomic E-state index is 13.4. The van der Waals surface area contributed by atoms with Crippen LogP contribution in [0.25, 0.3) is 0 Å². The molecule has 0 aliphatic carbocycles. The monoisotopic (exact) mass is 478 g/mol. The molecule has 1 amide bonds. The predicted molar refractivity (Wildman–Crippen MR) is 120 cm³/mol. The average Bonchev–Trinajstić information content (AvgIpc) is 2.73. The van der Waals surface area contributed by atoms with E-state index in [9.17, 15) is 22.8 Å². The number of halogens is 1. The van der Waals surface area contributed by atoms with Crippen molar-refractivity contribution < 1.29 is 17.9 Å². The van der Waals surface area contributed by atoms with Crippen molar-refractivity contribution >= 4 is 38.9 Å². The lowest BCUT2D eigenvalue weighted by Crippen LogP contribution is -2.42. The van der Waals surface area contributed by atoms with Gasteiger partial charge in [0.2, 0.25) is 5.91 Å². The number of rotatable bonds is 7. The van der Waals surface area contributed by atoms with Gasteiger partial charge in [-0.3, -0.25) is 18.9 Å². The summed E-state index contributed by atoms with van der Waals surface area (Å²) in [6, 6.07) is 12.1. The van der Waals surface area contributed by atoms with Gasteiger partial charge >= 0.3 is 5.69 Å². The van der Waals surface area contributed by atoms with Crippen LogP contribution < -0.4 is 25.6 Å². The second-order valence-electron chi connectivity index (χ2n) is 6.63. The third-order valence-electron chi connectivity index (χ3n) is 4.40. The summed E-state index contributed by atoms with van der Waals surface area (Å²) in [5, 5.41) is 3.05. The Hall–Kier alpha value is -3.57. The van der Waals surface area contributed by atoms with Crippen molar-refractivity contribution in [1.82, 2.24) is 9.97 Å². The Morgan fingerprint density at radius 2 is 1.69 bits per heavy atom. The smallest absolute Gasteiger partial charge is 0.325 e. The summed E-state index contributed by atoms with van der Waals surface area (Å²) in [4.78, 5) is 40.0. The highest BCUT2D eigenvalue weighted by atomic mass is 35.5. The Labute approximate surface area is 187 Å². The molecule has 3 rings (SSSR count). The lowest BCUT2D eigenvalue weighted by atomic mass is 10.3. The molecule has 0 atom stereocenters. The van der Waals surface area contributed by atoms with Gasteiger partial charge in [-0.25, -0.2) is 13.2 Å². The second-order valence-corrected chi connectivity index (χ2v) is 8.86. The number of carbonyl (C=O) groups excluding carboxylic acids is 1. The molecule has 0 saturated carbocycles. The highest BCUT2D eigenvalue weighted by molar-refractivity contribution is 7.92. The second kappa shape index (κ2) is 9.28. The molecule has 12 heteroatoms. The molecule has 3 aromatic rings. The Kier molecular flexibility index (Phi) is 6.70. The number of hydrogen-bond acceptors (Lipinski definition) is 6. The molecule has 1 heterocycles. The van der Waals surface area contributed by atoms with E-state index in [1.807, 2.05) is 4.98 Å². The van der Waals surface area contributed by atoms with Gasteiger partial charge in [0.05, 0.1) is 12.8 Å². The van der Waals surface area contributed by atoms with Crippen molar-refractivity contribution in [2.24, 2.45) is 0 Å². The van der Waals surface area contributed by atoms with Crippen molar-refractivity contribution in [2.75, 3.05) is 23.3 Å². The van der Waals surface area contributed by atoms with Crippen molar-refractivity contribution in [3.8, 4) is 5.75 Å². The molecule has 0 saturated heterocycles. The summed E-state index contributed by atoms with van der Waals surface area (Å²) in [5.74, 6) is -0.194. The Morgan fingerprint density at radius 1 is 1.06 bits per heavy atom. The number of benzene rings is 2. The molecular weight excluding hydrogens is 460 g/mol. The zero-order chi connectivity index (χ0) is 23.5. The number of nitrogens with one attached hydrogen (secondary N) is 3. The van der Waals surface area contributed by atoms with Crippen molar-refractivity contribution in [1.29, 1.82) is 0 Å². The number of aromatic nitrogens is 2. The van der Waals surface area contributed by atoms with Crippen LogP contribution in [0.5, 0.6) is 5.75 Å².